The van der Waals surface area contributed by atoms with Gasteiger partial charge < -0.3 is 14.7 Å². The first-order chi connectivity index (χ1) is 9.47. The van der Waals surface area contributed by atoms with E-state index in [-0.39, 0.29) is 24.5 Å². The van der Waals surface area contributed by atoms with Gasteiger partial charge in [0.1, 0.15) is 5.75 Å². The van der Waals surface area contributed by atoms with E-state index in [0.29, 0.717) is 23.9 Å². The molecule has 4 nitrogen and oxygen atoms in total. The third kappa shape index (κ3) is 3.87. The van der Waals surface area contributed by atoms with E-state index in [2.05, 4.69) is 15.9 Å². The van der Waals surface area contributed by atoms with Crippen LogP contribution in [0, 0.1) is 5.92 Å². The van der Waals surface area contributed by atoms with E-state index in [4.69, 9.17) is 16.3 Å². The Labute approximate surface area is 131 Å². The zero-order valence-electron chi connectivity index (χ0n) is 11.2. The minimum atomic E-state index is -0.376. The van der Waals surface area contributed by atoms with E-state index in [9.17, 15) is 9.90 Å². The second kappa shape index (κ2) is 6.78. The minimum absolute atomic E-state index is 0.00718. The summed E-state index contributed by atoms with van der Waals surface area (Å²) in [4.78, 5) is 13.8. The number of rotatable bonds is 4. The van der Waals surface area contributed by atoms with Crippen molar-refractivity contribution in [2.24, 2.45) is 5.92 Å². The molecule has 0 radical (unpaired) electrons. The summed E-state index contributed by atoms with van der Waals surface area (Å²) in [5.41, 5.74) is 0. The fraction of sp³-hybridized carbons (Fsp3) is 0.500. The van der Waals surface area contributed by atoms with Crippen LogP contribution in [-0.4, -0.2) is 41.7 Å². The number of aliphatic hydroxyl groups is 1. The fourth-order valence-electron chi connectivity index (χ4n) is 2.23. The number of carbonyl (C=O) groups excluding carboxylic acids is 1. The van der Waals surface area contributed by atoms with Gasteiger partial charge in [0.15, 0.2) is 6.61 Å². The molecule has 2 unspecified atom stereocenters. The van der Waals surface area contributed by atoms with Gasteiger partial charge in [-0.05, 0) is 47.5 Å². The molecule has 20 heavy (non-hydrogen) atoms. The smallest absolute Gasteiger partial charge is 0.260 e. The third-order valence-electron chi connectivity index (χ3n) is 3.50. The van der Waals surface area contributed by atoms with Crippen LogP contribution in [0.4, 0.5) is 0 Å². The van der Waals surface area contributed by atoms with Gasteiger partial charge in [0.25, 0.3) is 5.91 Å². The quantitative estimate of drug-likeness (QED) is 0.896. The summed E-state index contributed by atoms with van der Waals surface area (Å²) in [6, 6.07) is 5.16. The molecule has 1 aromatic rings. The summed E-state index contributed by atoms with van der Waals surface area (Å²) in [6.07, 6.45) is 0.466. The van der Waals surface area contributed by atoms with E-state index in [1.54, 1.807) is 30.0 Å². The summed E-state index contributed by atoms with van der Waals surface area (Å²) < 4.78 is 6.23. The normalized spacial score (nSPS) is 20.0. The van der Waals surface area contributed by atoms with Gasteiger partial charge in [0.05, 0.1) is 10.6 Å². The minimum Gasteiger partial charge on any atom is -0.483 e. The molecular weight excluding hydrogens is 346 g/mol. The predicted octanol–water partition coefficient (Wildman–Crippen LogP) is 2.71. The standard InChI is InChI=1S/C14H17BrClNO3/c1-9(18)10-4-5-17(7-10)14(19)8-20-13-3-2-11(16)6-12(13)15/h2-3,6,9-10,18H,4-5,7-8H2,1H3. The van der Waals surface area contributed by atoms with Crippen molar-refractivity contribution in [1.29, 1.82) is 0 Å². The molecule has 0 spiro atoms. The van der Waals surface area contributed by atoms with E-state index < -0.39 is 0 Å². The maximum atomic E-state index is 12.0. The molecule has 2 atom stereocenters. The molecule has 1 saturated heterocycles. The Morgan fingerprint density at radius 1 is 1.65 bits per heavy atom. The van der Waals surface area contributed by atoms with E-state index in [1.165, 1.54) is 0 Å². The Morgan fingerprint density at radius 2 is 2.40 bits per heavy atom. The molecule has 2 rings (SSSR count). The molecule has 1 amide bonds. The van der Waals surface area contributed by atoms with Gasteiger partial charge in [-0.2, -0.15) is 0 Å². The molecule has 1 N–H and O–H groups in total. The molecule has 1 aromatic carbocycles. The third-order valence-corrected chi connectivity index (χ3v) is 4.36. The summed E-state index contributed by atoms with van der Waals surface area (Å²) in [5.74, 6) is 0.699. The summed E-state index contributed by atoms with van der Waals surface area (Å²) in [5, 5.41) is 10.1. The van der Waals surface area contributed by atoms with Gasteiger partial charge in [0, 0.05) is 24.0 Å². The number of halogens is 2. The number of benzene rings is 1. The first kappa shape index (κ1) is 15.6. The number of nitrogens with zero attached hydrogens (tertiary/aromatic N) is 1. The van der Waals surface area contributed by atoms with Gasteiger partial charge in [-0.1, -0.05) is 11.6 Å². The summed E-state index contributed by atoms with van der Waals surface area (Å²) in [6.45, 7) is 3.04. The van der Waals surface area contributed by atoms with Crippen molar-refractivity contribution in [1.82, 2.24) is 4.90 Å². The van der Waals surface area contributed by atoms with Crippen molar-refractivity contribution in [3.05, 3.63) is 27.7 Å². The number of ether oxygens (including phenoxy) is 1. The molecule has 1 aliphatic heterocycles. The Kier molecular flexibility index (Phi) is 5.29. The van der Waals surface area contributed by atoms with Crippen molar-refractivity contribution >= 4 is 33.4 Å². The fourth-order valence-corrected chi connectivity index (χ4v) is 3.03. The zero-order chi connectivity index (χ0) is 14.7. The van der Waals surface area contributed by atoms with E-state index in [1.807, 2.05) is 0 Å². The monoisotopic (exact) mass is 361 g/mol. The molecule has 1 fully saturated rings. The molecule has 0 aliphatic carbocycles. The van der Waals surface area contributed by atoms with Crippen LogP contribution in [0.1, 0.15) is 13.3 Å². The van der Waals surface area contributed by atoms with Gasteiger partial charge in [-0.3, -0.25) is 4.79 Å². The largest absolute Gasteiger partial charge is 0.483 e. The van der Waals surface area contributed by atoms with Crippen molar-refractivity contribution in [2.45, 2.75) is 19.4 Å². The molecule has 1 heterocycles. The number of likely N-dealkylation sites (tertiary alicyclic amines) is 1. The Balaban J connectivity index is 1.86. The van der Waals surface area contributed by atoms with Crippen LogP contribution in [0.5, 0.6) is 5.75 Å². The maximum Gasteiger partial charge on any atom is 0.260 e. The van der Waals surface area contributed by atoms with E-state index >= 15 is 0 Å². The average Bonchev–Trinajstić information content (AvgIpc) is 2.87. The van der Waals surface area contributed by atoms with Gasteiger partial charge in [0.2, 0.25) is 0 Å². The molecule has 0 saturated carbocycles. The number of aliphatic hydroxyl groups excluding tert-OH is 1. The first-order valence-corrected chi connectivity index (χ1v) is 7.68. The van der Waals surface area contributed by atoms with Crippen LogP contribution < -0.4 is 4.74 Å². The van der Waals surface area contributed by atoms with E-state index in [0.717, 1.165) is 10.9 Å². The Hall–Kier alpha value is -0.780. The molecule has 0 bridgehead atoms. The molecule has 6 heteroatoms. The number of hydrogen-bond acceptors (Lipinski definition) is 3. The van der Waals surface area contributed by atoms with Crippen LogP contribution in [0.3, 0.4) is 0 Å². The van der Waals surface area contributed by atoms with Gasteiger partial charge in [-0.25, -0.2) is 0 Å². The lowest BCUT2D eigenvalue weighted by Crippen LogP contribution is -2.34. The second-order valence-corrected chi connectivity index (χ2v) is 6.28. The predicted molar refractivity (Wildman–Crippen MR) is 81.0 cm³/mol. The zero-order valence-corrected chi connectivity index (χ0v) is 13.5. The van der Waals surface area contributed by atoms with Crippen molar-refractivity contribution in [3.8, 4) is 5.75 Å². The summed E-state index contributed by atoms with van der Waals surface area (Å²) >= 11 is 9.19. The first-order valence-electron chi connectivity index (χ1n) is 6.51. The number of hydrogen-bond donors (Lipinski definition) is 1. The second-order valence-electron chi connectivity index (χ2n) is 4.99. The van der Waals surface area contributed by atoms with Crippen molar-refractivity contribution in [2.75, 3.05) is 19.7 Å². The highest BCUT2D eigenvalue weighted by molar-refractivity contribution is 9.10. The number of carbonyl (C=O) groups is 1. The average molecular weight is 363 g/mol. The van der Waals surface area contributed by atoms with Gasteiger partial charge in [-0.15, -0.1) is 0 Å². The Morgan fingerprint density at radius 3 is 3.00 bits per heavy atom. The van der Waals surface area contributed by atoms with Crippen LogP contribution in [0.25, 0.3) is 0 Å². The highest BCUT2D eigenvalue weighted by Gasteiger charge is 2.29. The summed E-state index contributed by atoms with van der Waals surface area (Å²) in [7, 11) is 0. The van der Waals surface area contributed by atoms with Crippen LogP contribution in [-0.2, 0) is 4.79 Å². The van der Waals surface area contributed by atoms with Crippen molar-refractivity contribution < 1.29 is 14.6 Å². The highest BCUT2D eigenvalue weighted by atomic mass is 79.9. The SMILES string of the molecule is CC(O)C1CCN(C(=O)COc2ccc(Cl)cc2Br)C1. The van der Waals surface area contributed by atoms with Gasteiger partial charge >= 0.3 is 0 Å². The lowest BCUT2D eigenvalue weighted by atomic mass is 10.0. The molecule has 0 aromatic heterocycles. The van der Waals surface area contributed by atoms with Crippen LogP contribution in [0.15, 0.2) is 22.7 Å². The highest BCUT2D eigenvalue weighted by Crippen LogP contribution is 2.28. The lowest BCUT2D eigenvalue weighted by molar-refractivity contribution is -0.132. The molecule has 1 aliphatic rings. The number of amides is 1. The maximum absolute atomic E-state index is 12.0. The van der Waals surface area contributed by atoms with Crippen LogP contribution in [0.2, 0.25) is 5.02 Å². The van der Waals surface area contributed by atoms with Crippen molar-refractivity contribution in [3.63, 3.8) is 0 Å². The molecular formula is C14H17BrClNO3. The molecule has 110 valence electrons. The lowest BCUT2D eigenvalue weighted by Gasteiger charge is -2.18. The van der Waals surface area contributed by atoms with Crippen LogP contribution >= 0.6 is 27.5 Å². The topological polar surface area (TPSA) is 49.8 Å². The Bertz CT molecular complexity index is 495.